The monoisotopic (exact) mass is 487 g/mol. The van der Waals surface area contributed by atoms with Crippen LogP contribution in [0, 0.1) is 5.82 Å². The minimum absolute atomic E-state index is 0.317. The van der Waals surface area contributed by atoms with Crippen LogP contribution < -0.4 is 10.2 Å². The van der Waals surface area contributed by atoms with Crippen LogP contribution in [0.25, 0.3) is 16.9 Å². The molecule has 4 heterocycles. The summed E-state index contributed by atoms with van der Waals surface area (Å²) in [6, 6.07) is 12.0. The van der Waals surface area contributed by atoms with E-state index in [0.717, 1.165) is 50.3 Å². The maximum atomic E-state index is 14.8. The zero-order valence-electron chi connectivity index (χ0n) is 20.6. The summed E-state index contributed by atoms with van der Waals surface area (Å²) in [4.78, 5) is 18.4. The van der Waals surface area contributed by atoms with Crippen molar-refractivity contribution in [3.05, 3.63) is 65.9 Å². The Morgan fingerprint density at radius 3 is 2.58 bits per heavy atom. The summed E-state index contributed by atoms with van der Waals surface area (Å²) in [5.41, 5.74) is 3.15. The van der Waals surface area contributed by atoms with Crippen LogP contribution in [-0.2, 0) is 12.0 Å². The normalized spacial score (nSPS) is 20.5. The largest absolute Gasteiger partial charge is 0.384 e. The number of pyridine rings is 1. The molecule has 1 aliphatic carbocycles. The van der Waals surface area contributed by atoms with E-state index in [1.807, 2.05) is 24.3 Å². The highest BCUT2D eigenvalue weighted by Gasteiger charge is 2.31. The number of likely N-dealkylation sites (N-methyl/N-ethyl adjacent to an activating group) is 1. The number of nitrogens with one attached hydrogen (secondary N) is 1. The second-order valence-electron chi connectivity index (χ2n) is 10.0. The van der Waals surface area contributed by atoms with Gasteiger partial charge in [-0.2, -0.15) is 4.98 Å². The number of aliphatic hydroxyl groups is 1. The standard InChI is InChI=1S/C27H30FN7O/c1-27(36)11-3-4-18-5-10-23(31-24(18)27)35-17-22(28)21-16-29-26(32-25(21)35)30-19-6-8-20(9-7-19)34-14-12-33(2)13-15-34/h5-10,16-17,36H,3-4,11-15H2,1-2H3,(H,29,30,32). The van der Waals surface area contributed by atoms with Gasteiger partial charge in [0.05, 0.1) is 11.1 Å². The number of anilines is 3. The van der Waals surface area contributed by atoms with Crippen LogP contribution in [0.2, 0.25) is 0 Å². The van der Waals surface area contributed by atoms with Crippen molar-refractivity contribution in [2.45, 2.75) is 31.8 Å². The minimum Gasteiger partial charge on any atom is -0.384 e. The molecule has 0 amide bonds. The molecule has 0 spiro atoms. The van der Waals surface area contributed by atoms with Crippen LogP contribution in [0.5, 0.6) is 0 Å². The fourth-order valence-electron chi connectivity index (χ4n) is 5.17. The summed E-state index contributed by atoms with van der Waals surface area (Å²) in [5, 5.41) is 14.4. The summed E-state index contributed by atoms with van der Waals surface area (Å²) in [6.45, 7) is 5.92. The Hall–Kier alpha value is -3.56. The number of piperazine rings is 1. The Morgan fingerprint density at radius 1 is 1.03 bits per heavy atom. The first-order chi connectivity index (χ1) is 17.4. The fraction of sp³-hybridized carbons (Fsp3) is 0.370. The number of benzene rings is 1. The fourth-order valence-corrected chi connectivity index (χ4v) is 5.17. The minimum atomic E-state index is -0.997. The Morgan fingerprint density at radius 2 is 1.81 bits per heavy atom. The van der Waals surface area contributed by atoms with Crippen molar-refractivity contribution < 1.29 is 9.50 Å². The molecule has 186 valence electrons. The quantitative estimate of drug-likeness (QED) is 0.450. The molecule has 2 N–H and O–H groups in total. The van der Waals surface area contributed by atoms with Gasteiger partial charge in [-0.05, 0) is 69.1 Å². The first-order valence-electron chi connectivity index (χ1n) is 12.4. The highest BCUT2D eigenvalue weighted by molar-refractivity contribution is 5.79. The van der Waals surface area contributed by atoms with Gasteiger partial charge in [0.1, 0.15) is 11.4 Å². The third kappa shape index (κ3) is 4.18. The Bertz CT molecular complexity index is 1410. The third-order valence-corrected chi connectivity index (χ3v) is 7.32. The molecule has 36 heavy (non-hydrogen) atoms. The summed E-state index contributed by atoms with van der Waals surface area (Å²) in [5.74, 6) is 0.476. The molecular formula is C27H30FN7O. The second-order valence-corrected chi connectivity index (χ2v) is 10.0. The molecule has 3 aromatic heterocycles. The van der Waals surface area contributed by atoms with E-state index in [1.54, 1.807) is 11.5 Å². The molecule has 0 bridgehead atoms. The lowest BCUT2D eigenvalue weighted by atomic mass is 9.84. The van der Waals surface area contributed by atoms with Crippen LogP contribution in [0.4, 0.5) is 21.7 Å². The number of hydrogen-bond donors (Lipinski definition) is 2. The molecule has 0 radical (unpaired) electrons. The summed E-state index contributed by atoms with van der Waals surface area (Å²) < 4.78 is 16.4. The van der Waals surface area contributed by atoms with E-state index in [0.29, 0.717) is 34.9 Å². The van der Waals surface area contributed by atoms with Crippen LogP contribution >= 0.6 is 0 Å². The van der Waals surface area contributed by atoms with Gasteiger partial charge in [-0.1, -0.05) is 6.07 Å². The number of aromatic nitrogens is 4. The lowest BCUT2D eigenvalue weighted by Crippen LogP contribution is -2.44. The topological polar surface area (TPSA) is 82.3 Å². The molecular weight excluding hydrogens is 457 g/mol. The predicted octanol–water partition coefficient (Wildman–Crippen LogP) is 3.99. The average Bonchev–Trinajstić information content (AvgIpc) is 3.20. The third-order valence-electron chi connectivity index (χ3n) is 7.32. The van der Waals surface area contributed by atoms with Crippen molar-refractivity contribution in [3.8, 4) is 5.82 Å². The number of nitrogens with zero attached hydrogens (tertiary/aromatic N) is 6. The lowest BCUT2D eigenvalue weighted by molar-refractivity contribution is 0.0339. The first-order valence-corrected chi connectivity index (χ1v) is 12.4. The van der Waals surface area contributed by atoms with E-state index in [1.165, 1.54) is 18.1 Å². The molecule has 1 unspecified atom stereocenters. The lowest BCUT2D eigenvalue weighted by Gasteiger charge is -2.34. The molecule has 6 rings (SSSR count). The van der Waals surface area contributed by atoms with Gasteiger partial charge in [0.15, 0.2) is 11.5 Å². The number of halogens is 1. The second kappa shape index (κ2) is 8.83. The summed E-state index contributed by atoms with van der Waals surface area (Å²) in [6.07, 6.45) is 5.31. The number of hydrogen-bond acceptors (Lipinski definition) is 7. The Balaban J connectivity index is 1.29. The molecule has 1 fully saturated rings. The van der Waals surface area contributed by atoms with Gasteiger partial charge in [-0.15, -0.1) is 0 Å². The van der Waals surface area contributed by atoms with Crippen molar-refractivity contribution in [1.29, 1.82) is 0 Å². The van der Waals surface area contributed by atoms with E-state index >= 15 is 0 Å². The molecule has 8 nitrogen and oxygen atoms in total. The highest BCUT2D eigenvalue weighted by Crippen LogP contribution is 2.34. The zero-order chi connectivity index (χ0) is 24.9. The van der Waals surface area contributed by atoms with Crippen molar-refractivity contribution in [3.63, 3.8) is 0 Å². The van der Waals surface area contributed by atoms with Gasteiger partial charge in [0, 0.05) is 49.9 Å². The van der Waals surface area contributed by atoms with Crippen molar-refractivity contribution in [1.82, 2.24) is 24.4 Å². The van der Waals surface area contributed by atoms with E-state index in [9.17, 15) is 9.50 Å². The molecule has 1 atom stereocenters. The van der Waals surface area contributed by atoms with E-state index in [4.69, 9.17) is 4.98 Å². The molecule has 1 aromatic carbocycles. The van der Waals surface area contributed by atoms with Crippen molar-refractivity contribution in [2.24, 2.45) is 0 Å². The molecule has 4 aromatic rings. The smallest absolute Gasteiger partial charge is 0.229 e. The summed E-state index contributed by atoms with van der Waals surface area (Å²) in [7, 11) is 2.15. The van der Waals surface area contributed by atoms with E-state index < -0.39 is 11.4 Å². The number of aryl methyl sites for hydroxylation is 1. The maximum absolute atomic E-state index is 14.8. The van der Waals surface area contributed by atoms with Crippen LogP contribution in [0.1, 0.15) is 31.0 Å². The van der Waals surface area contributed by atoms with Crippen LogP contribution in [0.3, 0.4) is 0 Å². The SMILES string of the molecule is CN1CCN(c2ccc(Nc3ncc4c(F)cn(-c5ccc6c(n5)C(C)(O)CCC6)c4n3)cc2)CC1. The summed E-state index contributed by atoms with van der Waals surface area (Å²) >= 11 is 0. The van der Waals surface area contributed by atoms with Gasteiger partial charge in [-0.25, -0.2) is 14.4 Å². The number of rotatable bonds is 4. The van der Waals surface area contributed by atoms with E-state index in [2.05, 4.69) is 44.3 Å². The highest BCUT2D eigenvalue weighted by atomic mass is 19.1. The number of fused-ring (bicyclic) bond motifs is 2. The zero-order valence-corrected chi connectivity index (χ0v) is 20.6. The predicted molar refractivity (Wildman–Crippen MR) is 139 cm³/mol. The van der Waals surface area contributed by atoms with Crippen molar-refractivity contribution in [2.75, 3.05) is 43.4 Å². The van der Waals surface area contributed by atoms with Gasteiger partial charge >= 0.3 is 0 Å². The van der Waals surface area contributed by atoms with Gasteiger partial charge < -0.3 is 20.2 Å². The van der Waals surface area contributed by atoms with Gasteiger partial charge in [0.2, 0.25) is 5.95 Å². The average molecular weight is 488 g/mol. The first kappa shape index (κ1) is 22.9. The Labute approximate surface area is 209 Å². The van der Waals surface area contributed by atoms with Gasteiger partial charge in [0.25, 0.3) is 0 Å². The molecule has 0 saturated carbocycles. The molecule has 2 aliphatic rings. The maximum Gasteiger partial charge on any atom is 0.229 e. The Kier molecular flexibility index (Phi) is 5.61. The van der Waals surface area contributed by atoms with Crippen molar-refractivity contribution >= 4 is 28.4 Å². The van der Waals surface area contributed by atoms with E-state index in [-0.39, 0.29) is 0 Å². The van der Waals surface area contributed by atoms with Crippen LogP contribution in [-0.4, -0.2) is 62.8 Å². The molecule has 9 heteroatoms. The van der Waals surface area contributed by atoms with Crippen LogP contribution in [0.15, 0.2) is 48.8 Å². The van der Waals surface area contributed by atoms with Gasteiger partial charge in [-0.3, -0.25) is 4.57 Å². The molecule has 1 aliphatic heterocycles. The molecule has 1 saturated heterocycles.